The van der Waals surface area contributed by atoms with Crippen LogP contribution in [0.2, 0.25) is 0 Å². The molecule has 3 heterocycles. The lowest BCUT2D eigenvalue weighted by Gasteiger charge is -2.34. The molecule has 1 aliphatic rings. The Bertz CT molecular complexity index is 533. The van der Waals surface area contributed by atoms with Gasteiger partial charge in [-0.25, -0.2) is 0 Å². The van der Waals surface area contributed by atoms with Crippen molar-refractivity contribution in [3.63, 3.8) is 0 Å². The van der Waals surface area contributed by atoms with Gasteiger partial charge in [0.15, 0.2) is 0 Å². The fraction of sp³-hybridized carbons (Fsp3) is 0.357. The maximum Gasteiger partial charge on any atom is 0.0712 e. The number of thiophene rings is 1. The topological polar surface area (TPSA) is 28.2 Å². The number of nitrogens with zero attached hydrogens (tertiary/aromatic N) is 2. The minimum absolute atomic E-state index is 0. The van der Waals surface area contributed by atoms with Gasteiger partial charge in [0.2, 0.25) is 0 Å². The average molecular weight is 411 g/mol. The van der Waals surface area contributed by atoms with Gasteiger partial charge >= 0.3 is 0 Å². The van der Waals surface area contributed by atoms with Crippen LogP contribution < -0.4 is 5.32 Å². The van der Waals surface area contributed by atoms with Crippen molar-refractivity contribution in [2.75, 3.05) is 26.2 Å². The summed E-state index contributed by atoms with van der Waals surface area (Å²) in [6, 6.07) is 6.85. The van der Waals surface area contributed by atoms with E-state index in [-0.39, 0.29) is 24.8 Å². The number of hydrogen-bond donors (Lipinski definition) is 1. The molecule has 2 aromatic heterocycles. The van der Waals surface area contributed by atoms with Crippen molar-refractivity contribution in [3.8, 4) is 0 Å². The minimum atomic E-state index is 0. The number of piperazine rings is 1. The monoisotopic (exact) mass is 409 g/mol. The quantitative estimate of drug-likeness (QED) is 0.835. The summed E-state index contributed by atoms with van der Waals surface area (Å²) in [5.41, 5.74) is 1.26. The Hall–Kier alpha value is -0.170. The fourth-order valence-corrected chi connectivity index (χ4v) is 3.79. The Kier molecular flexibility index (Phi) is 8.16. The lowest BCUT2D eigenvalue weighted by molar-refractivity contribution is 0.200. The maximum atomic E-state index is 4.33. The number of pyridine rings is 1. The molecule has 0 bridgehead atoms. The molecule has 0 radical (unpaired) electrons. The van der Waals surface area contributed by atoms with Crippen LogP contribution in [-0.2, 0) is 0 Å². The molecule has 1 saturated heterocycles. The minimum Gasteiger partial charge on any atom is -0.314 e. The van der Waals surface area contributed by atoms with Crippen LogP contribution in [0.25, 0.3) is 0 Å². The third-order valence-electron chi connectivity index (χ3n) is 3.37. The molecule has 7 heteroatoms. The van der Waals surface area contributed by atoms with Crippen molar-refractivity contribution < 1.29 is 0 Å². The van der Waals surface area contributed by atoms with Crippen LogP contribution in [0.1, 0.15) is 16.5 Å². The van der Waals surface area contributed by atoms with Crippen molar-refractivity contribution in [2.24, 2.45) is 0 Å². The molecule has 3 rings (SSSR count). The van der Waals surface area contributed by atoms with Crippen molar-refractivity contribution >= 4 is 52.1 Å². The predicted molar refractivity (Wildman–Crippen MR) is 97.0 cm³/mol. The van der Waals surface area contributed by atoms with Crippen LogP contribution in [0, 0.1) is 0 Å². The van der Waals surface area contributed by atoms with Gasteiger partial charge in [-0.05, 0) is 39.0 Å². The molecule has 1 fully saturated rings. The maximum absolute atomic E-state index is 4.33. The van der Waals surface area contributed by atoms with Gasteiger partial charge in [-0.15, -0.1) is 36.2 Å². The second kappa shape index (κ2) is 9.08. The van der Waals surface area contributed by atoms with E-state index in [1.807, 2.05) is 23.7 Å². The Morgan fingerprint density at radius 2 is 2.00 bits per heavy atom. The van der Waals surface area contributed by atoms with Crippen molar-refractivity contribution in [1.82, 2.24) is 15.2 Å². The van der Waals surface area contributed by atoms with E-state index in [1.54, 1.807) is 0 Å². The average Bonchev–Trinajstić information content (AvgIpc) is 2.94. The van der Waals surface area contributed by atoms with E-state index in [9.17, 15) is 0 Å². The number of nitrogens with one attached hydrogen (secondary N) is 1. The smallest absolute Gasteiger partial charge is 0.0712 e. The highest BCUT2D eigenvalue weighted by Gasteiger charge is 2.24. The summed E-state index contributed by atoms with van der Waals surface area (Å²) < 4.78 is 1.04. The van der Waals surface area contributed by atoms with Gasteiger partial charge in [0, 0.05) is 47.9 Å². The van der Waals surface area contributed by atoms with Gasteiger partial charge in [0.1, 0.15) is 0 Å². The largest absolute Gasteiger partial charge is 0.314 e. The van der Waals surface area contributed by atoms with Crippen LogP contribution in [0.3, 0.4) is 0 Å². The zero-order valence-corrected chi connectivity index (χ0v) is 15.4. The second-order valence-electron chi connectivity index (χ2n) is 4.64. The van der Waals surface area contributed by atoms with Gasteiger partial charge in [0.25, 0.3) is 0 Å². The Morgan fingerprint density at radius 3 is 2.62 bits per heavy atom. The van der Waals surface area contributed by atoms with E-state index in [0.717, 1.165) is 30.7 Å². The molecule has 0 aliphatic carbocycles. The highest BCUT2D eigenvalue weighted by molar-refractivity contribution is 9.10. The Balaban J connectivity index is 0.00000110. The molecule has 116 valence electrons. The van der Waals surface area contributed by atoms with E-state index in [4.69, 9.17) is 0 Å². The first-order chi connectivity index (χ1) is 9.34. The molecule has 0 amide bonds. The fourth-order valence-electron chi connectivity index (χ4n) is 2.52. The summed E-state index contributed by atoms with van der Waals surface area (Å²) in [5.74, 6) is 0. The van der Waals surface area contributed by atoms with Gasteiger partial charge in [-0.2, -0.15) is 0 Å². The van der Waals surface area contributed by atoms with Crippen molar-refractivity contribution in [2.45, 2.75) is 6.04 Å². The van der Waals surface area contributed by atoms with Crippen molar-refractivity contribution in [3.05, 3.63) is 50.9 Å². The summed E-state index contributed by atoms with van der Waals surface area (Å²) in [4.78, 5) is 8.25. The van der Waals surface area contributed by atoms with Gasteiger partial charge in [0.05, 0.1) is 6.04 Å². The normalized spacial score (nSPS) is 16.6. The molecule has 0 unspecified atom stereocenters. The molecular formula is C14H18BrCl2N3S. The van der Waals surface area contributed by atoms with Gasteiger partial charge in [-0.3, -0.25) is 9.88 Å². The van der Waals surface area contributed by atoms with Crippen LogP contribution in [0.5, 0.6) is 0 Å². The third kappa shape index (κ3) is 4.65. The second-order valence-corrected chi connectivity index (χ2v) is 6.54. The highest BCUT2D eigenvalue weighted by Crippen LogP contribution is 2.32. The summed E-state index contributed by atoms with van der Waals surface area (Å²) in [6.45, 7) is 4.27. The van der Waals surface area contributed by atoms with E-state index in [1.165, 1.54) is 10.4 Å². The number of aromatic nitrogens is 1. The van der Waals surface area contributed by atoms with E-state index in [0.29, 0.717) is 6.04 Å². The first-order valence-corrected chi connectivity index (χ1v) is 8.10. The van der Waals surface area contributed by atoms with E-state index < -0.39 is 0 Å². The summed E-state index contributed by atoms with van der Waals surface area (Å²) in [6.07, 6.45) is 3.82. The van der Waals surface area contributed by atoms with E-state index in [2.05, 4.69) is 54.7 Å². The summed E-state index contributed by atoms with van der Waals surface area (Å²) in [5, 5.41) is 5.56. The van der Waals surface area contributed by atoms with Crippen LogP contribution in [-0.4, -0.2) is 36.1 Å². The Morgan fingerprint density at radius 1 is 1.24 bits per heavy atom. The molecule has 1 aliphatic heterocycles. The number of halogens is 3. The number of hydrogen-bond acceptors (Lipinski definition) is 4. The van der Waals surface area contributed by atoms with Crippen molar-refractivity contribution in [1.29, 1.82) is 0 Å². The summed E-state index contributed by atoms with van der Waals surface area (Å²) >= 11 is 5.35. The standard InChI is InChI=1S/C14H16BrN3S.2ClH/c15-12-8-11(9-17-10-12)14(13-2-1-7-19-13)18-5-3-16-4-6-18;;/h1-2,7-10,14,16H,3-6H2;2*1H/t14-;;/m1../s1. The molecule has 0 aromatic carbocycles. The van der Waals surface area contributed by atoms with Gasteiger partial charge in [-0.1, -0.05) is 6.07 Å². The molecular weight excluding hydrogens is 393 g/mol. The molecule has 0 spiro atoms. The third-order valence-corrected chi connectivity index (χ3v) is 4.73. The van der Waals surface area contributed by atoms with Crippen LogP contribution >= 0.6 is 52.1 Å². The SMILES string of the molecule is Brc1cncc([C@H](c2cccs2)N2CCNCC2)c1.Cl.Cl. The highest BCUT2D eigenvalue weighted by atomic mass is 79.9. The predicted octanol–water partition coefficient (Wildman–Crippen LogP) is 3.74. The van der Waals surface area contributed by atoms with Gasteiger partial charge < -0.3 is 5.32 Å². The molecule has 21 heavy (non-hydrogen) atoms. The molecule has 2 aromatic rings. The lowest BCUT2D eigenvalue weighted by atomic mass is 10.0. The zero-order chi connectivity index (χ0) is 13.1. The molecule has 1 atom stereocenters. The zero-order valence-electron chi connectivity index (χ0n) is 11.4. The summed E-state index contributed by atoms with van der Waals surface area (Å²) in [7, 11) is 0. The Labute approximate surface area is 150 Å². The van der Waals surface area contributed by atoms with Crippen LogP contribution in [0.4, 0.5) is 0 Å². The first kappa shape index (κ1) is 18.9. The lowest BCUT2D eigenvalue weighted by Crippen LogP contribution is -2.45. The molecule has 1 N–H and O–H groups in total. The molecule has 3 nitrogen and oxygen atoms in total. The first-order valence-electron chi connectivity index (χ1n) is 6.43. The van der Waals surface area contributed by atoms with E-state index >= 15 is 0 Å². The molecule has 0 saturated carbocycles. The number of rotatable bonds is 3. The van der Waals surface area contributed by atoms with Crippen LogP contribution in [0.15, 0.2) is 40.4 Å².